The van der Waals surface area contributed by atoms with Crippen molar-refractivity contribution in [3.8, 4) is 50.0 Å². The SMILES string of the molecule is c1ccc(-c2cc3ccc4c(c5ccccc5n4-c4nc(-c5ccncc5)cc(-c5ccc(-c6ccncc6)cc5)n4)c3s2)cc1. The second-order valence-electron chi connectivity index (χ2n) is 11.2. The molecule has 5 nitrogen and oxygen atoms in total. The predicted molar refractivity (Wildman–Crippen MR) is 189 cm³/mol. The number of nitrogens with zero attached hydrogens (tertiary/aromatic N) is 5. The molecule has 216 valence electrons. The van der Waals surface area contributed by atoms with E-state index in [2.05, 4.69) is 118 Å². The van der Waals surface area contributed by atoms with E-state index in [1.807, 2.05) is 48.0 Å². The number of rotatable bonds is 5. The highest BCUT2D eigenvalue weighted by molar-refractivity contribution is 7.23. The van der Waals surface area contributed by atoms with Gasteiger partial charge in [-0.1, -0.05) is 78.9 Å². The summed E-state index contributed by atoms with van der Waals surface area (Å²) in [5.41, 5.74) is 9.35. The molecule has 0 unspecified atom stereocenters. The van der Waals surface area contributed by atoms with Gasteiger partial charge in [-0.25, -0.2) is 9.97 Å². The van der Waals surface area contributed by atoms with Gasteiger partial charge in [0, 0.05) is 56.3 Å². The van der Waals surface area contributed by atoms with Crippen LogP contribution in [0.3, 0.4) is 0 Å². The summed E-state index contributed by atoms with van der Waals surface area (Å²) in [7, 11) is 0. The summed E-state index contributed by atoms with van der Waals surface area (Å²) in [4.78, 5) is 20.1. The van der Waals surface area contributed by atoms with Gasteiger partial charge in [-0.2, -0.15) is 0 Å². The zero-order valence-corrected chi connectivity index (χ0v) is 25.4. The Bertz CT molecular complexity index is 2500. The number of thiophene rings is 1. The van der Waals surface area contributed by atoms with Crippen LogP contribution in [0, 0.1) is 0 Å². The Kier molecular flexibility index (Phi) is 6.25. The Labute approximate surface area is 269 Å². The van der Waals surface area contributed by atoms with Crippen molar-refractivity contribution in [1.82, 2.24) is 24.5 Å². The third-order valence-electron chi connectivity index (χ3n) is 8.46. The Morgan fingerprint density at radius 3 is 1.83 bits per heavy atom. The first-order valence-electron chi connectivity index (χ1n) is 15.1. The molecule has 0 atom stereocenters. The maximum atomic E-state index is 5.24. The molecule has 0 fully saturated rings. The number of fused-ring (bicyclic) bond motifs is 5. The zero-order valence-electron chi connectivity index (χ0n) is 24.6. The molecular formula is C40H25N5S. The van der Waals surface area contributed by atoms with E-state index >= 15 is 0 Å². The molecule has 5 aromatic heterocycles. The third-order valence-corrected chi connectivity index (χ3v) is 9.68. The minimum Gasteiger partial charge on any atom is -0.278 e. The highest BCUT2D eigenvalue weighted by Crippen LogP contribution is 2.42. The first kappa shape index (κ1) is 26.4. The minimum atomic E-state index is 0.632. The number of para-hydroxylation sites is 1. The minimum absolute atomic E-state index is 0.632. The lowest BCUT2D eigenvalue weighted by Crippen LogP contribution is -2.04. The first-order chi connectivity index (χ1) is 22.8. The van der Waals surface area contributed by atoms with Gasteiger partial charge in [-0.05, 0) is 70.6 Å². The van der Waals surface area contributed by atoms with Crippen LogP contribution >= 0.6 is 11.3 Å². The average Bonchev–Trinajstić information content (AvgIpc) is 3.72. The Morgan fingerprint density at radius 2 is 1.09 bits per heavy atom. The van der Waals surface area contributed by atoms with Crippen molar-refractivity contribution >= 4 is 43.2 Å². The van der Waals surface area contributed by atoms with E-state index in [1.54, 1.807) is 12.4 Å². The van der Waals surface area contributed by atoms with E-state index in [0.29, 0.717) is 5.95 Å². The van der Waals surface area contributed by atoms with E-state index in [0.717, 1.165) is 44.7 Å². The van der Waals surface area contributed by atoms with Gasteiger partial charge in [0.2, 0.25) is 5.95 Å². The zero-order chi connectivity index (χ0) is 30.5. The quantitative estimate of drug-likeness (QED) is 0.195. The summed E-state index contributed by atoms with van der Waals surface area (Å²) in [6, 6.07) is 44.5. The molecule has 0 aliphatic carbocycles. The van der Waals surface area contributed by atoms with E-state index in [-0.39, 0.29) is 0 Å². The second-order valence-corrected chi connectivity index (χ2v) is 12.2. The molecule has 9 aromatic rings. The van der Waals surface area contributed by atoms with E-state index in [4.69, 9.17) is 9.97 Å². The number of hydrogen-bond donors (Lipinski definition) is 0. The van der Waals surface area contributed by atoms with Crippen LogP contribution in [0.1, 0.15) is 0 Å². The molecule has 0 amide bonds. The van der Waals surface area contributed by atoms with Crippen molar-refractivity contribution in [2.75, 3.05) is 0 Å². The van der Waals surface area contributed by atoms with Gasteiger partial charge in [0.05, 0.1) is 22.4 Å². The van der Waals surface area contributed by atoms with Gasteiger partial charge in [0.1, 0.15) is 0 Å². The van der Waals surface area contributed by atoms with Crippen molar-refractivity contribution < 1.29 is 0 Å². The Morgan fingerprint density at radius 1 is 0.478 bits per heavy atom. The molecule has 0 bridgehead atoms. The summed E-state index contributed by atoms with van der Waals surface area (Å²) in [5, 5.41) is 3.65. The smallest absolute Gasteiger partial charge is 0.235 e. The van der Waals surface area contributed by atoms with Gasteiger partial charge in [-0.15, -0.1) is 11.3 Å². The molecule has 5 heterocycles. The lowest BCUT2D eigenvalue weighted by atomic mass is 10.0. The number of aromatic nitrogens is 5. The van der Waals surface area contributed by atoms with Gasteiger partial charge in [0.15, 0.2) is 0 Å². The summed E-state index contributed by atoms with van der Waals surface area (Å²) in [6.07, 6.45) is 7.25. The fraction of sp³-hybridized carbons (Fsp3) is 0. The average molecular weight is 608 g/mol. The lowest BCUT2D eigenvalue weighted by Gasteiger charge is -2.12. The highest BCUT2D eigenvalue weighted by Gasteiger charge is 2.20. The number of hydrogen-bond acceptors (Lipinski definition) is 5. The van der Waals surface area contributed by atoms with Crippen LogP contribution in [-0.2, 0) is 0 Å². The molecule has 0 N–H and O–H groups in total. The van der Waals surface area contributed by atoms with E-state index in [1.165, 1.54) is 31.3 Å². The molecule has 6 heteroatoms. The van der Waals surface area contributed by atoms with Gasteiger partial charge >= 0.3 is 0 Å². The lowest BCUT2D eigenvalue weighted by molar-refractivity contribution is 0.995. The molecule has 0 radical (unpaired) electrons. The number of pyridine rings is 2. The van der Waals surface area contributed by atoms with Crippen molar-refractivity contribution in [2.24, 2.45) is 0 Å². The van der Waals surface area contributed by atoms with Crippen molar-refractivity contribution in [3.05, 3.63) is 152 Å². The van der Waals surface area contributed by atoms with E-state index < -0.39 is 0 Å². The van der Waals surface area contributed by atoms with Crippen LogP contribution in [0.2, 0.25) is 0 Å². The van der Waals surface area contributed by atoms with Gasteiger partial charge < -0.3 is 0 Å². The van der Waals surface area contributed by atoms with Crippen LogP contribution in [0.25, 0.3) is 81.9 Å². The van der Waals surface area contributed by atoms with Crippen LogP contribution in [0.15, 0.2) is 152 Å². The molecule has 46 heavy (non-hydrogen) atoms. The molecule has 9 rings (SSSR count). The molecule has 0 saturated carbocycles. The topological polar surface area (TPSA) is 56.5 Å². The fourth-order valence-corrected chi connectivity index (χ4v) is 7.46. The molecule has 0 spiro atoms. The Balaban J connectivity index is 1.27. The Hall–Kier alpha value is -5.98. The van der Waals surface area contributed by atoms with Crippen molar-refractivity contribution in [1.29, 1.82) is 0 Å². The molecule has 4 aromatic carbocycles. The molecule has 0 aliphatic rings. The molecular weight excluding hydrogens is 583 g/mol. The monoisotopic (exact) mass is 607 g/mol. The fourth-order valence-electron chi connectivity index (χ4n) is 6.24. The number of benzene rings is 4. The highest BCUT2D eigenvalue weighted by atomic mass is 32.1. The van der Waals surface area contributed by atoms with Crippen LogP contribution in [0.5, 0.6) is 0 Å². The van der Waals surface area contributed by atoms with Crippen LogP contribution < -0.4 is 0 Å². The van der Waals surface area contributed by atoms with Crippen molar-refractivity contribution in [2.45, 2.75) is 0 Å². The van der Waals surface area contributed by atoms with Crippen LogP contribution in [0.4, 0.5) is 0 Å². The van der Waals surface area contributed by atoms with E-state index in [9.17, 15) is 0 Å². The summed E-state index contributed by atoms with van der Waals surface area (Å²) in [6.45, 7) is 0. The maximum absolute atomic E-state index is 5.24. The normalized spacial score (nSPS) is 11.5. The predicted octanol–water partition coefficient (Wildman–Crippen LogP) is 10.2. The van der Waals surface area contributed by atoms with Crippen molar-refractivity contribution in [3.63, 3.8) is 0 Å². The summed E-state index contributed by atoms with van der Waals surface area (Å²) >= 11 is 1.84. The standard InChI is InChI=1S/C40H25N5S/c1-2-6-30(7-3-1)37-24-31-14-15-36-38(39(31)46-37)32-8-4-5-9-35(32)45(36)40-43-33(25-34(44-40)29-18-22-42-23-19-29)28-12-10-26(11-13-28)27-16-20-41-21-17-27/h1-25H. The van der Waals surface area contributed by atoms with Gasteiger partial charge in [-0.3, -0.25) is 14.5 Å². The van der Waals surface area contributed by atoms with Gasteiger partial charge in [0.25, 0.3) is 0 Å². The maximum Gasteiger partial charge on any atom is 0.235 e. The largest absolute Gasteiger partial charge is 0.278 e. The molecule has 0 aliphatic heterocycles. The van der Waals surface area contributed by atoms with Crippen LogP contribution in [-0.4, -0.2) is 24.5 Å². The first-order valence-corrected chi connectivity index (χ1v) is 15.9. The summed E-state index contributed by atoms with van der Waals surface area (Å²) < 4.78 is 3.48. The summed E-state index contributed by atoms with van der Waals surface area (Å²) in [5.74, 6) is 0.632. The molecule has 0 saturated heterocycles. The second kappa shape index (κ2) is 10.9. The third kappa shape index (κ3) is 4.47.